The normalized spacial score (nSPS) is 16.8. The lowest BCUT2D eigenvalue weighted by molar-refractivity contribution is -0.141. The van der Waals surface area contributed by atoms with Crippen molar-refractivity contribution in [3.05, 3.63) is 0 Å². The highest BCUT2D eigenvalue weighted by Gasteiger charge is 2.29. The topological polar surface area (TPSA) is 40.6 Å². The molecule has 0 spiro atoms. The number of unbranched alkanes of at least 4 members (excludes halogenated alkanes) is 1. The lowest BCUT2D eigenvalue weighted by atomic mass is 9.94. The van der Waals surface area contributed by atoms with E-state index in [-0.39, 0.29) is 23.7 Å². The third-order valence-electron chi connectivity index (χ3n) is 3.87. The number of rotatable bonds is 5. The average molecular weight is 268 g/mol. The van der Waals surface area contributed by atoms with Gasteiger partial charge in [-0.3, -0.25) is 9.59 Å². The molecule has 0 aliphatic carbocycles. The standard InChI is InChI=1S/C15H28N2O2/c1-5-6-9-16(4)15(19)13-7-10-17(11-8-13)14(18)12(2)3/h12-13H,5-11H2,1-4H3. The van der Waals surface area contributed by atoms with Gasteiger partial charge in [0.25, 0.3) is 0 Å². The summed E-state index contributed by atoms with van der Waals surface area (Å²) in [6.45, 7) is 8.30. The minimum Gasteiger partial charge on any atom is -0.346 e. The van der Waals surface area contributed by atoms with Gasteiger partial charge in [0.05, 0.1) is 0 Å². The third kappa shape index (κ3) is 4.51. The Morgan fingerprint density at radius 2 is 1.84 bits per heavy atom. The molecule has 0 aromatic heterocycles. The molecule has 0 aromatic rings. The Labute approximate surface area is 117 Å². The highest BCUT2D eigenvalue weighted by atomic mass is 16.2. The highest BCUT2D eigenvalue weighted by Crippen LogP contribution is 2.20. The number of likely N-dealkylation sites (tertiary alicyclic amines) is 1. The molecule has 0 radical (unpaired) electrons. The second-order valence-electron chi connectivity index (χ2n) is 5.87. The molecule has 110 valence electrons. The van der Waals surface area contributed by atoms with E-state index < -0.39 is 0 Å². The van der Waals surface area contributed by atoms with Gasteiger partial charge in [0, 0.05) is 38.5 Å². The largest absolute Gasteiger partial charge is 0.346 e. The summed E-state index contributed by atoms with van der Waals surface area (Å²) in [6.07, 6.45) is 3.80. The van der Waals surface area contributed by atoms with Gasteiger partial charge in [0.15, 0.2) is 0 Å². The molecule has 1 saturated heterocycles. The van der Waals surface area contributed by atoms with Gasteiger partial charge >= 0.3 is 0 Å². The lowest BCUT2D eigenvalue weighted by Gasteiger charge is -2.34. The molecule has 1 heterocycles. The highest BCUT2D eigenvalue weighted by molar-refractivity contribution is 5.80. The molecule has 0 bridgehead atoms. The first kappa shape index (κ1) is 16.0. The zero-order chi connectivity index (χ0) is 14.4. The van der Waals surface area contributed by atoms with E-state index in [1.807, 2.05) is 30.7 Å². The molecule has 1 rings (SSSR count). The second-order valence-corrected chi connectivity index (χ2v) is 5.87. The van der Waals surface area contributed by atoms with Crippen molar-refractivity contribution in [2.45, 2.75) is 46.5 Å². The molecule has 4 nitrogen and oxygen atoms in total. The SMILES string of the molecule is CCCCN(C)C(=O)C1CCN(C(=O)C(C)C)CC1. The minimum atomic E-state index is 0.0551. The average Bonchev–Trinajstić information content (AvgIpc) is 2.43. The smallest absolute Gasteiger partial charge is 0.225 e. The Bertz CT molecular complexity index is 307. The molecule has 4 heteroatoms. The maximum atomic E-state index is 12.2. The Kier molecular flexibility index (Phi) is 6.32. The van der Waals surface area contributed by atoms with Crippen LogP contribution >= 0.6 is 0 Å². The van der Waals surface area contributed by atoms with Crippen molar-refractivity contribution in [3.63, 3.8) is 0 Å². The molecule has 2 amide bonds. The van der Waals surface area contributed by atoms with E-state index in [9.17, 15) is 9.59 Å². The van der Waals surface area contributed by atoms with Gasteiger partial charge in [0.1, 0.15) is 0 Å². The van der Waals surface area contributed by atoms with Crippen LogP contribution in [0, 0.1) is 11.8 Å². The molecule has 19 heavy (non-hydrogen) atoms. The van der Waals surface area contributed by atoms with Gasteiger partial charge in [0.2, 0.25) is 11.8 Å². The van der Waals surface area contributed by atoms with Crippen LogP contribution in [0.15, 0.2) is 0 Å². The van der Waals surface area contributed by atoms with Crippen LogP contribution in [0.25, 0.3) is 0 Å². The summed E-state index contributed by atoms with van der Waals surface area (Å²) in [6, 6.07) is 0. The molecule has 0 aromatic carbocycles. The van der Waals surface area contributed by atoms with Crippen molar-refractivity contribution in [1.82, 2.24) is 9.80 Å². The van der Waals surface area contributed by atoms with Gasteiger partial charge in [-0.15, -0.1) is 0 Å². The molecule has 1 fully saturated rings. The van der Waals surface area contributed by atoms with Gasteiger partial charge in [-0.2, -0.15) is 0 Å². The van der Waals surface area contributed by atoms with Gasteiger partial charge in [-0.1, -0.05) is 27.2 Å². The monoisotopic (exact) mass is 268 g/mol. The van der Waals surface area contributed by atoms with E-state index in [0.717, 1.165) is 45.3 Å². The first-order valence-electron chi connectivity index (χ1n) is 7.51. The van der Waals surface area contributed by atoms with Crippen LogP contribution in [0.4, 0.5) is 0 Å². The number of hydrogen-bond donors (Lipinski definition) is 0. The number of carbonyl (C=O) groups excluding carboxylic acids is 2. The van der Waals surface area contributed by atoms with E-state index in [1.54, 1.807) is 0 Å². The Hall–Kier alpha value is -1.06. The first-order valence-corrected chi connectivity index (χ1v) is 7.51. The Balaban J connectivity index is 2.41. The molecule has 1 aliphatic heterocycles. The molecular formula is C15H28N2O2. The first-order chi connectivity index (χ1) is 8.97. The summed E-state index contributed by atoms with van der Waals surface area (Å²) in [7, 11) is 1.89. The van der Waals surface area contributed by atoms with Crippen molar-refractivity contribution >= 4 is 11.8 Å². The fraction of sp³-hybridized carbons (Fsp3) is 0.867. The van der Waals surface area contributed by atoms with Crippen molar-refractivity contribution in [2.75, 3.05) is 26.7 Å². The van der Waals surface area contributed by atoms with Gasteiger partial charge < -0.3 is 9.80 Å². The van der Waals surface area contributed by atoms with Gasteiger partial charge in [-0.05, 0) is 19.3 Å². The van der Waals surface area contributed by atoms with Crippen molar-refractivity contribution in [3.8, 4) is 0 Å². The van der Waals surface area contributed by atoms with E-state index >= 15 is 0 Å². The fourth-order valence-corrected chi connectivity index (χ4v) is 2.53. The second kappa shape index (κ2) is 7.51. The molecule has 0 atom stereocenters. The van der Waals surface area contributed by atoms with E-state index in [0.29, 0.717) is 0 Å². The zero-order valence-electron chi connectivity index (χ0n) is 12.8. The van der Waals surface area contributed by atoms with Crippen LogP contribution in [0.5, 0.6) is 0 Å². The van der Waals surface area contributed by atoms with Crippen molar-refractivity contribution in [2.24, 2.45) is 11.8 Å². The van der Waals surface area contributed by atoms with Crippen LogP contribution in [-0.4, -0.2) is 48.3 Å². The van der Waals surface area contributed by atoms with Crippen LogP contribution in [0.1, 0.15) is 46.5 Å². The summed E-state index contributed by atoms with van der Waals surface area (Å²) < 4.78 is 0. The molecule has 0 unspecified atom stereocenters. The Morgan fingerprint density at radius 1 is 1.26 bits per heavy atom. The van der Waals surface area contributed by atoms with Gasteiger partial charge in [-0.25, -0.2) is 0 Å². The predicted molar refractivity (Wildman–Crippen MR) is 76.7 cm³/mol. The Morgan fingerprint density at radius 3 is 2.32 bits per heavy atom. The van der Waals surface area contributed by atoms with E-state index in [1.165, 1.54) is 0 Å². The number of piperidine rings is 1. The number of amides is 2. The van der Waals surface area contributed by atoms with E-state index in [4.69, 9.17) is 0 Å². The van der Waals surface area contributed by atoms with E-state index in [2.05, 4.69) is 6.92 Å². The quantitative estimate of drug-likeness (QED) is 0.766. The minimum absolute atomic E-state index is 0.0551. The van der Waals surface area contributed by atoms with Crippen molar-refractivity contribution < 1.29 is 9.59 Å². The maximum absolute atomic E-state index is 12.2. The van der Waals surface area contributed by atoms with Crippen molar-refractivity contribution in [1.29, 1.82) is 0 Å². The summed E-state index contributed by atoms with van der Waals surface area (Å²) in [5.74, 6) is 0.632. The maximum Gasteiger partial charge on any atom is 0.225 e. The number of nitrogens with zero attached hydrogens (tertiary/aromatic N) is 2. The summed E-state index contributed by atoms with van der Waals surface area (Å²) >= 11 is 0. The fourth-order valence-electron chi connectivity index (χ4n) is 2.53. The lowest BCUT2D eigenvalue weighted by Crippen LogP contribution is -2.44. The molecular weight excluding hydrogens is 240 g/mol. The summed E-state index contributed by atoms with van der Waals surface area (Å²) in [5.41, 5.74) is 0. The predicted octanol–water partition coefficient (Wildman–Crippen LogP) is 2.14. The third-order valence-corrected chi connectivity index (χ3v) is 3.87. The molecule has 0 saturated carbocycles. The number of carbonyl (C=O) groups is 2. The molecule has 0 N–H and O–H groups in total. The molecule has 1 aliphatic rings. The number of hydrogen-bond acceptors (Lipinski definition) is 2. The van der Waals surface area contributed by atoms with Crippen LogP contribution in [0.3, 0.4) is 0 Å². The van der Waals surface area contributed by atoms with Crippen LogP contribution in [0.2, 0.25) is 0 Å². The summed E-state index contributed by atoms with van der Waals surface area (Å²) in [5, 5.41) is 0. The van der Waals surface area contributed by atoms with Crippen LogP contribution in [-0.2, 0) is 9.59 Å². The van der Waals surface area contributed by atoms with Crippen LogP contribution < -0.4 is 0 Å². The summed E-state index contributed by atoms with van der Waals surface area (Å²) in [4.78, 5) is 27.9. The zero-order valence-corrected chi connectivity index (χ0v) is 12.8.